The summed E-state index contributed by atoms with van der Waals surface area (Å²) in [5.74, 6) is 0. The maximum Gasteiger partial charge on any atom is 0.0385 e. The van der Waals surface area contributed by atoms with Crippen molar-refractivity contribution in [3.63, 3.8) is 0 Å². The predicted molar refractivity (Wildman–Crippen MR) is 23.3 cm³/mol. The quantitative estimate of drug-likeness (QED) is 0.496. The molecule has 1 unspecified atom stereocenters. The molecule has 2 heteroatoms. The van der Waals surface area contributed by atoms with Crippen LogP contribution in [0.25, 0.3) is 0 Å². The Morgan fingerprint density at radius 2 is 2.67 bits per heavy atom. The molecule has 40 valence electrons. The van der Waals surface area contributed by atoms with Crippen LogP contribution in [0.1, 0.15) is 16.3 Å². The summed E-state index contributed by atoms with van der Waals surface area (Å²) in [6.45, 7) is 1.42. The molecule has 0 aromatic heterocycles. The fourth-order valence-electron chi connectivity index (χ4n) is 0.118. The Morgan fingerprint density at radius 1 is 2.17 bits per heavy atom. The fourth-order valence-corrected chi connectivity index (χ4v) is 0.118. The van der Waals surface area contributed by atoms with Crippen LogP contribution >= 0.6 is 0 Å². The van der Waals surface area contributed by atoms with Gasteiger partial charge in [-0.25, -0.2) is 0 Å². The molecular weight excluding hydrogens is 80.0 g/mol. The Bertz CT molecular complexity index is 31.2. The first-order valence-electron chi connectivity index (χ1n) is 3.07. The Labute approximate surface area is 40.5 Å². The van der Waals surface area contributed by atoms with Gasteiger partial charge >= 0.3 is 0 Å². The Hall–Kier alpha value is -0.0800. The van der Waals surface area contributed by atoms with E-state index in [1.165, 1.54) is 0 Å². The van der Waals surface area contributed by atoms with Crippen molar-refractivity contribution in [2.45, 2.75) is 19.4 Å². The van der Waals surface area contributed by atoms with Gasteiger partial charge < -0.3 is 10.2 Å². The van der Waals surface area contributed by atoms with E-state index in [0.717, 1.165) is 0 Å². The molecule has 0 aliphatic rings. The van der Waals surface area contributed by atoms with E-state index < -0.39 is 6.10 Å². The number of rotatable bonds is 2. The van der Waals surface area contributed by atoms with Crippen LogP contribution < -0.4 is 5.11 Å². The molecule has 0 radical (unpaired) electrons. The van der Waals surface area contributed by atoms with E-state index in [1.807, 2.05) is 0 Å². The van der Waals surface area contributed by atoms with Gasteiger partial charge in [0.15, 0.2) is 0 Å². The molecule has 0 aliphatic carbocycles. The van der Waals surface area contributed by atoms with Gasteiger partial charge in [-0.05, 0) is 6.42 Å². The smallest absolute Gasteiger partial charge is 0.0385 e. The predicted octanol–water partition coefficient (Wildman–Crippen LogP) is -0.636. The van der Waals surface area contributed by atoms with Crippen LogP contribution in [-0.4, -0.2) is 17.8 Å². The van der Waals surface area contributed by atoms with Crippen LogP contribution in [0.4, 0.5) is 0 Å². The van der Waals surface area contributed by atoms with Crippen molar-refractivity contribution >= 4 is 0 Å². The van der Waals surface area contributed by atoms with Gasteiger partial charge in [0, 0.05) is 9.07 Å². The molecule has 0 amide bonds. The summed E-state index contributed by atoms with van der Waals surface area (Å²) in [4.78, 5) is 0. The summed E-state index contributed by atoms with van der Waals surface area (Å²) in [7, 11) is 0. The van der Waals surface area contributed by atoms with Gasteiger partial charge in [-0.15, -0.1) is 6.61 Å². The molecule has 0 saturated heterocycles. The average Bonchev–Trinajstić information content (AvgIpc) is 1.91. The van der Waals surface area contributed by atoms with Crippen molar-refractivity contribution in [3.05, 3.63) is 0 Å². The van der Waals surface area contributed by atoms with Gasteiger partial charge in [0.05, 0.1) is 0 Å². The zero-order valence-corrected chi connectivity index (χ0v) is 3.85. The highest BCUT2D eigenvalue weighted by Gasteiger charge is 1.85. The Morgan fingerprint density at radius 3 is 2.67 bits per heavy atom. The maximum absolute atomic E-state index is 9.61. The highest BCUT2D eigenvalue weighted by Crippen LogP contribution is 1.81. The second-order valence-electron chi connectivity index (χ2n) is 1.23. The minimum absolute atomic E-state index is 0.365. The molecule has 1 atom stereocenters. The highest BCUT2D eigenvalue weighted by molar-refractivity contribution is 4.42. The molecule has 0 fully saturated rings. The lowest BCUT2D eigenvalue weighted by atomic mass is 10.3. The molecule has 0 aromatic rings. The number of hydrogen-bond acceptors (Lipinski definition) is 2. The summed E-state index contributed by atoms with van der Waals surface area (Å²) in [6, 6.07) is 0. The highest BCUT2D eigenvalue weighted by atomic mass is 16.3. The third kappa shape index (κ3) is 2.18. The normalized spacial score (nSPS) is 15.8. The first-order chi connectivity index (χ1) is 3.81. The van der Waals surface area contributed by atoms with Crippen LogP contribution in [0.5, 0.6) is 0 Å². The van der Waals surface area contributed by atoms with Crippen molar-refractivity contribution in [2.24, 2.45) is 0 Å². The minimum atomic E-state index is -0.620. The van der Waals surface area contributed by atoms with Crippen LogP contribution in [0.2, 0.25) is 0 Å². The SMILES string of the molecule is CCC(O)C[O-].[3H][3H]. The standard InChI is InChI=1S/C4H9O2.H2/c1-2-4(6)3-5;/h4,6H,2-3H2,1H3;1H/q-1;/i;1+2T. The first kappa shape index (κ1) is 4.09. The molecule has 0 spiro atoms. The van der Waals surface area contributed by atoms with E-state index in [-0.39, 0.29) is 6.61 Å². The fraction of sp³-hybridized carbons (Fsp3) is 1.00. The lowest BCUT2D eigenvalue weighted by molar-refractivity contribution is -0.383. The lowest BCUT2D eigenvalue weighted by Gasteiger charge is -2.07. The molecule has 0 heterocycles. The van der Waals surface area contributed by atoms with Gasteiger partial charge in [0.25, 0.3) is 0 Å². The van der Waals surface area contributed by atoms with E-state index >= 15 is 0 Å². The van der Waals surface area contributed by atoms with Crippen LogP contribution in [0.15, 0.2) is 0 Å². The second-order valence-corrected chi connectivity index (χ2v) is 1.23. The molecule has 0 aromatic carbocycles. The summed E-state index contributed by atoms with van der Waals surface area (Å²) in [5, 5.41) is 18.0. The summed E-state index contributed by atoms with van der Waals surface area (Å²) in [6.07, 6.45) is -0.0475. The Balaban J connectivity index is 0. The van der Waals surface area contributed by atoms with Crippen molar-refractivity contribution in [2.75, 3.05) is 6.61 Å². The third-order valence-electron chi connectivity index (χ3n) is 0.664. The zero-order chi connectivity index (χ0) is 6.99. The van der Waals surface area contributed by atoms with Gasteiger partial charge in [-0.2, -0.15) is 0 Å². The van der Waals surface area contributed by atoms with E-state index in [4.69, 9.17) is 8.08 Å². The minimum Gasteiger partial charge on any atom is -0.853 e. The van der Waals surface area contributed by atoms with Gasteiger partial charge in [-0.1, -0.05) is 6.92 Å². The van der Waals surface area contributed by atoms with E-state index in [2.05, 4.69) is 0 Å². The maximum atomic E-state index is 9.61. The van der Waals surface area contributed by atoms with E-state index in [0.29, 0.717) is 6.42 Å². The molecule has 0 saturated carbocycles. The largest absolute Gasteiger partial charge is 0.853 e. The third-order valence-corrected chi connectivity index (χ3v) is 0.664. The van der Waals surface area contributed by atoms with Crippen molar-refractivity contribution < 1.29 is 13.2 Å². The Kier molecular flexibility index (Phi) is 2.13. The molecule has 0 bridgehead atoms. The molecular formula is C4H11O2-. The summed E-state index contributed by atoms with van der Waals surface area (Å²) in [5.41, 5.74) is 0. The topological polar surface area (TPSA) is 43.3 Å². The van der Waals surface area contributed by atoms with Crippen LogP contribution in [0.3, 0.4) is 0 Å². The van der Waals surface area contributed by atoms with Crippen LogP contribution in [0, 0.1) is 0 Å². The average molecular weight is 95.1 g/mol. The van der Waals surface area contributed by atoms with E-state index in [1.54, 1.807) is 6.92 Å². The zero-order valence-electron chi connectivity index (χ0n) is 5.85. The molecule has 0 aliphatic heterocycles. The van der Waals surface area contributed by atoms with E-state index in [9.17, 15) is 5.11 Å². The summed E-state index contributed by atoms with van der Waals surface area (Å²) < 4.78 is 10.0. The lowest BCUT2D eigenvalue weighted by Crippen LogP contribution is -2.21. The van der Waals surface area contributed by atoms with Gasteiger partial charge in [0.2, 0.25) is 0 Å². The van der Waals surface area contributed by atoms with Crippen LogP contribution in [-0.2, 0) is 0 Å². The van der Waals surface area contributed by atoms with Crippen molar-refractivity contribution in [1.82, 2.24) is 0 Å². The number of hydrogen-bond donors (Lipinski definition) is 1. The molecule has 0 rings (SSSR count). The number of aliphatic hydroxyl groups excluding tert-OH is 1. The first-order valence-corrected chi connectivity index (χ1v) is 2.07. The molecule has 1 N–H and O–H groups in total. The van der Waals surface area contributed by atoms with Crippen molar-refractivity contribution in [3.8, 4) is 0 Å². The summed E-state index contributed by atoms with van der Waals surface area (Å²) >= 11 is 0. The molecule has 6 heavy (non-hydrogen) atoms. The number of aliphatic hydroxyl groups is 1. The second kappa shape index (κ2) is 3.12. The monoisotopic (exact) mass is 95.1 g/mol. The molecule has 2 nitrogen and oxygen atoms in total. The van der Waals surface area contributed by atoms with Gasteiger partial charge in [-0.3, -0.25) is 0 Å². The van der Waals surface area contributed by atoms with Crippen molar-refractivity contribution in [1.29, 1.82) is 0 Å². The van der Waals surface area contributed by atoms with Gasteiger partial charge in [0.1, 0.15) is 0 Å².